The molecule has 29 heavy (non-hydrogen) atoms. The third-order valence-electron chi connectivity index (χ3n) is 4.94. The van der Waals surface area contributed by atoms with Crippen LogP contribution in [0.15, 0.2) is 24.3 Å². The van der Waals surface area contributed by atoms with Gasteiger partial charge in [0.25, 0.3) is 0 Å². The molecule has 0 bridgehead atoms. The van der Waals surface area contributed by atoms with Crippen molar-refractivity contribution in [1.82, 2.24) is 4.90 Å². The predicted molar refractivity (Wildman–Crippen MR) is 116 cm³/mol. The summed E-state index contributed by atoms with van der Waals surface area (Å²) in [6.07, 6.45) is 0. The van der Waals surface area contributed by atoms with Gasteiger partial charge in [-0.05, 0) is 70.8 Å². The molecule has 2 N–H and O–H groups in total. The van der Waals surface area contributed by atoms with Gasteiger partial charge in [0, 0.05) is 37.6 Å². The average Bonchev–Trinajstić information content (AvgIpc) is 2.52. The minimum atomic E-state index is 0. The second kappa shape index (κ2) is 14.3. The van der Waals surface area contributed by atoms with E-state index in [0.717, 1.165) is 26.2 Å². The molecule has 0 saturated heterocycles. The van der Waals surface area contributed by atoms with Gasteiger partial charge in [-0.1, -0.05) is 35.4 Å². The molecule has 166 valence electrons. The molecule has 0 spiro atoms. The molecule has 2 rings (SSSR count). The van der Waals surface area contributed by atoms with Gasteiger partial charge >= 0.3 is 20.4 Å². The topological polar surface area (TPSA) is 27.3 Å². The Labute approximate surface area is 203 Å². The Morgan fingerprint density at radius 1 is 0.621 bits per heavy atom. The smallest absolute Gasteiger partial charge is 1.00 e. The molecule has 0 unspecified atom stereocenters. The summed E-state index contributed by atoms with van der Waals surface area (Å²) in [5, 5.41) is 7.22. The maximum absolute atomic E-state index is 3.61. The second-order valence-corrected chi connectivity index (χ2v) is 7.70. The summed E-state index contributed by atoms with van der Waals surface area (Å²) in [5.41, 5.74) is 10.6. The summed E-state index contributed by atoms with van der Waals surface area (Å²) in [6.45, 7) is 17.0. The van der Waals surface area contributed by atoms with Crippen molar-refractivity contribution in [3.05, 3.63) is 57.6 Å². The number of halogens is 2. The van der Waals surface area contributed by atoms with Crippen LogP contribution in [0.1, 0.15) is 33.4 Å². The van der Waals surface area contributed by atoms with E-state index in [4.69, 9.17) is 0 Å². The first kappa shape index (κ1) is 30.4. The maximum Gasteiger partial charge on any atom is 2.00 e. The molecule has 0 saturated carbocycles. The molecular weight excluding hydrogens is 496 g/mol. The summed E-state index contributed by atoms with van der Waals surface area (Å²) >= 11 is 0. The molecule has 0 heterocycles. The molecule has 6 heteroatoms. The second-order valence-electron chi connectivity index (χ2n) is 7.70. The van der Waals surface area contributed by atoms with Crippen LogP contribution in [0.4, 0.5) is 11.4 Å². The molecular formula is C23H35Cl2N3Pd. The Morgan fingerprint density at radius 2 is 0.897 bits per heavy atom. The van der Waals surface area contributed by atoms with Gasteiger partial charge in [0.05, 0.1) is 0 Å². The maximum atomic E-state index is 3.61. The molecule has 0 fully saturated rings. The minimum absolute atomic E-state index is 0. The number of aryl methyl sites for hydroxylation is 6. The zero-order valence-corrected chi connectivity index (χ0v) is 21.7. The average molecular weight is 531 g/mol. The number of likely N-dealkylation sites (N-methyl/N-ethyl adjacent to an activating group) is 1. The summed E-state index contributed by atoms with van der Waals surface area (Å²) in [7, 11) is 2.19. The number of benzene rings is 2. The predicted octanol–water partition coefficient (Wildman–Crippen LogP) is -1.00. The Balaban J connectivity index is 0. The van der Waals surface area contributed by atoms with Crippen LogP contribution in [-0.2, 0) is 20.4 Å². The number of nitrogens with zero attached hydrogens (tertiary/aromatic N) is 1. The standard InChI is InChI=1S/C23H35N3.2ClH.Pd/c1-16-12-18(3)22(19(4)13-16)24-8-10-26(7)11-9-25-23-20(5)14-17(2)15-21(23)6;;;/h12-15,24-25H,8-11H2,1-7H3;2*1H;/q;;;+2/p-2. The van der Waals surface area contributed by atoms with Crippen molar-refractivity contribution >= 4 is 11.4 Å². The van der Waals surface area contributed by atoms with E-state index in [0.29, 0.717) is 0 Å². The Morgan fingerprint density at radius 3 is 1.17 bits per heavy atom. The van der Waals surface area contributed by atoms with E-state index in [9.17, 15) is 0 Å². The zero-order valence-electron chi connectivity index (χ0n) is 18.7. The molecule has 0 atom stereocenters. The van der Waals surface area contributed by atoms with Crippen LogP contribution in [0.25, 0.3) is 0 Å². The monoisotopic (exact) mass is 529 g/mol. The van der Waals surface area contributed by atoms with Crippen molar-refractivity contribution in [2.24, 2.45) is 0 Å². The van der Waals surface area contributed by atoms with Crippen molar-refractivity contribution in [1.29, 1.82) is 0 Å². The van der Waals surface area contributed by atoms with Gasteiger partial charge in [-0.3, -0.25) is 0 Å². The van der Waals surface area contributed by atoms with Gasteiger partial charge in [-0.25, -0.2) is 0 Å². The van der Waals surface area contributed by atoms with Crippen LogP contribution in [0.5, 0.6) is 0 Å². The van der Waals surface area contributed by atoms with Crippen LogP contribution in [0.3, 0.4) is 0 Å². The first-order valence-electron chi connectivity index (χ1n) is 9.60. The molecule has 2 aromatic carbocycles. The normalized spacial score (nSPS) is 9.93. The van der Waals surface area contributed by atoms with Gasteiger partial charge in [0.1, 0.15) is 0 Å². The Hall–Kier alpha value is -0.758. The van der Waals surface area contributed by atoms with Crippen molar-refractivity contribution in [2.45, 2.75) is 41.5 Å². The van der Waals surface area contributed by atoms with Crippen molar-refractivity contribution in [2.75, 3.05) is 43.9 Å². The summed E-state index contributed by atoms with van der Waals surface area (Å²) < 4.78 is 0. The van der Waals surface area contributed by atoms with Gasteiger partial charge < -0.3 is 40.3 Å². The first-order chi connectivity index (χ1) is 12.3. The van der Waals surface area contributed by atoms with Crippen molar-refractivity contribution in [3.63, 3.8) is 0 Å². The number of nitrogens with one attached hydrogen (secondary N) is 2. The fourth-order valence-corrected chi connectivity index (χ4v) is 3.77. The van der Waals surface area contributed by atoms with Gasteiger partial charge in [0.2, 0.25) is 0 Å². The van der Waals surface area contributed by atoms with E-state index in [1.54, 1.807) is 0 Å². The van der Waals surface area contributed by atoms with Gasteiger partial charge in [0.15, 0.2) is 0 Å². The van der Waals surface area contributed by atoms with E-state index in [2.05, 4.69) is 88.4 Å². The number of anilines is 2. The van der Waals surface area contributed by atoms with Gasteiger partial charge in [-0.2, -0.15) is 0 Å². The van der Waals surface area contributed by atoms with Crippen molar-refractivity contribution < 1.29 is 45.2 Å². The minimum Gasteiger partial charge on any atom is -1.00 e. The molecule has 0 aliphatic heterocycles. The molecule has 2 aromatic rings. The van der Waals surface area contributed by atoms with Gasteiger partial charge in [-0.15, -0.1) is 0 Å². The SMILES string of the molecule is Cc1cc(C)c(NCCN(C)CCNc2c(C)cc(C)cc2C)c(C)c1.[Cl-].[Cl-].[Pd+2]. The number of hydrogen-bond acceptors (Lipinski definition) is 3. The molecule has 0 aliphatic rings. The third kappa shape index (κ3) is 9.28. The number of rotatable bonds is 8. The summed E-state index contributed by atoms with van der Waals surface area (Å²) in [5.74, 6) is 0. The quantitative estimate of drug-likeness (QED) is 0.429. The largest absolute Gasteiger partial charge is 2.00 e. The first-order valence-corrected chi connectivity index (χ1v) is 9.60. The molecule has 0 amide bonds. The third-order valence-corrected chi connectivity index (χ3v) is 4.94. The fraction of sp³-hybridized carbons (Fsp3) is 0.478. The van der Waals surface area contributed by atoms with Crippen LogP contribution in [0, 0.1) is 41.5 Å². The van der Waals surface area contributed by atoms with Crippen molar-refractivity contribution in [3.8, 4) is 0 Å². The fourth-order valence-electron chi connectivity index (χ4n) is 3.77. The van der Waals surface area contributed by atoms with Crippen LogP contribution in [0.2, 0.25) is 0 Å². The van der Waals surface area contributed by atoms with E-state index in [1.807, 2.05) is 0 Å². The van der Waals surface area contributed by atoms with Crippen LogP contribution < -0.4 is 35.4 Å². The van der Waals surface area contributed by atoms with Crippen LogP contribution in [-0.4, -0.2) is 38.1 Å². The Bertz CT molecular complexity index is 656. The van der Waals surface area contributed by atoms with E-state index in [1.165, 1.54) is 44.8 Å². The van der Waals surface area contributed by atoms with E-state index in [-0.39, 0.29) is 45.2 Å². The van der Waals surface area contributed by atoms with E-state index >= 15 is 0 Å². The number of hydrogen-bond donors (Lipinski definition) is 2. The van der Waals surface area contributed by atoms with Crippen LogP contribution >= 0.6 is 0 Å². The zero-order chi connectivity index (χ0) is 19.3. The summed E-state index contributed by atoms with van der Waals surface area (Å²) in [4.78, 5) is 2.37. The molecule has 0 radical (unpaired) electrons. The Kier molecular flexibility index (Phi) is 15.0. The molecule has 3 nitrogen and oxygen atoms in total. The molecule has 0 aliphatic carbocycles. The van der Waals surface area contributed by atoms with E-state index < -0.39 is 0 Å². The summed E-state index contributed by atoms with van der Waals surface area (Å²) in [6, 6.07) is 8.98. The molecule has 0 aromatic heterocycles.